The zero-order valence-corrected chi connectivity index (χ0v) is 15.8. The van der Waals surface area contributed by atoms with Crippen molar-refractivity contribution in [2.75, 3.05) is 0 Å². The zero-order valence-electron chi connectivity index (χ0n) is 15.0. The first-order valence-electron chi connectivity index (χ1n) is 8.60. The highest BCUT2D eigenvalue weighted by Crippen LogP contribution is 2.29. The van der Waals surface area contributed by atoms with Gasteiger partial charge in [-0.3, -0.25) is 14.8 Å². The van der Waals surface area contributed by atoms with Crippen LogP contribution in [-0.2, 0) is 0 Å². The molecule has 0 saturated carbocycles. The van der Waals surface area contributed by atoms with Gasteiger partial charge in [0, 0.05) is 35.0 Å². The maximum atomic E-state index is 11.4. The topological polar surface area (TPSA) is 78.1 Å². The SMILES string of the molecule is Cc1cc(-c2cc(Oc3ccc4ncc(Cl)cc4c3)ccn2)ccc1C(N)=O. The van der Waals surface area contributed by atoms with E-state index >= 15 is 0 Å². The van der Waals surface area contributed by atoms with Crippen molar-refractivity contribution in [3.63, 3.8) is 0 Å². The number of hydrogen-bond acceptors (Lipinski definition) is 4. The normalized spacial score (nSPS) is 10.8. The number of rotatable bonds is 4. The summed E-state index contributed by atoms with van der Waals surface area (Å²) in [5.41, 5.74) is 9.14. The molecule has 4 rings (SSSR count). The lowest BCUT2D eigenvalue weighted by Gasteiger charge is -2.09. The van der Waals surface area contributed by atoms with Gasteiger partial charge < -0.3 is 10.5 Å². The van der Waals surface area contributed by atoms with Gasteiger partial charge in [0.1, 0.15) is 11.5 Å². The van der Waals surface area contributed by atoms with Crippen LogP contribution >= 0.6 is 11.6 Å². The van der Waals surface area contributed by atoms with Crippen LogP contribution < -0.4 is 10.5 Å². The Hall–Kier alpha value is -3.44. The summed E-state index contributed by atoms with van der Waals surface area (Å²) in [5.74, 6) is 0.880. The molecular weight excluding hydrogens is 374 g/mol. The molecular formula is C22H16ClN3O2. The second-order valence-electron chi connectivity index (χ2n) is 6.38. The number of nitrogens with zero attached hydrogens (tertiary/aromatic N) is 2. The van der Waals surface area contributed by atoms with Crippen molar-refractivity contribution in [3.05, 3.63) is 83.1 Å². The minimum absolute atomic E-state index is 0.444. The molecule has 2 heterocycles. The van der Waals surface area contributed by atoms with E-state index in [9.17, 15) is 4.79 Å². The minimum atomic E-state index is -0.444. The predicted molar refractivity (Wildman–Crippen MR) is 110 cm³/mol. The van der Waals surface area contributed by atoms with Gasteiger partial charge in [-0.15, -0.1) is 0 Å². The predicted octanol–water partition coefficient (Wildman–Crippen LogP) is 5.15. The number of fused-ring (bicyclic) bond motifs is 1. The fraction of sp³-hybridized carbons (Fsp3) is 0.0455. The van der Waals surface area contributed by atoms with Crippen molar-refractivity contribution in [2.24, 2.45) is 5.73 Å². The third-order valence-corrected chi connectivity index (χ3v) is 4.58. The maximum Gasteiger partial charge on any atom is 0.248 e. The van der Waals surface area contributed by atoms with Crippen molar-refractivity contribution in [2.45, 2.75) is 6.92 Å². The van der Waals surface area contributed by atoms with Crippen molar-refractivity contribution in [1.82, 2.24) is 9.97 Å². The first kappa shape index (κ1) is 17.9. The zero-order chi connectivity index (χ0) is 19.7. The fourth-order valence-corrected chi connectivity index (χ4v) is 3.18. The summed E-state index contributed by atoms with van der Waals surface area (Å²) in [5, 5.41) is 1.47. The van der Waals surface area contributed by atoms with E-state index in [1.165, 1.54) is 0 Å². The number of amides is 1. The highest BCUT2D eigenvalue weighted by Gasteiger charge is 2.09. The quantitative estimate of drug-likeness (QED) is 0.523. The molecule has 1 amide bonds. The lowest BCUT2D eigenvalue weighted by atomic mass is 10.0. The highest BCUT2D eigenvalue weighted by atomic mass is 35.5. The smallest absolute Gasteiger partial charge is 0.248 e. The van der Waals surface area contributed by atoms with Crippen LogP contribution in [0, 0.1) is 6.92 Å². The number of carbonyl (C=O) groups is 1. The monoisotopic (exact) mass is 389 g/mol. The van der Waals surface area contributed by atoms with E-state index in [-0.39, 0.29) is 0 Å². The number of hydrogen-bond donors (Lipinski definition) is 1. The second-order valence-corrected chi connectivity index (χ2v) is 6.82. The average Bonchev–Trinajstić information content (AvgIpc) is 2.67. The fourth-order valence-electron chi connectivity index (χ4n) is 3.01. The molecule has 0 atom stereocenters. The van der Waals surface area contributed by atoms with Gasteiger partial charge in [0.2, 0.25) is 5.91 Å². The summed E-state index contributed by atoms with van der Waals surface area (Å²) in [6, 6.07) is 16.5. The molecule has 0 aliphatic rings. The van der Waals surface area contributed by atoms with Gasteiger partial charge in [0.25, 0.3) is 0 Å². The molecule has 0 radical (unpaired) electrons. The van der Waals surface area contributed by atoms with Gasteiger partial charge in [-0.1, -0.05) is 17.7 Å². The summed E-state index contributed by atoms with van der Waals surface area (Å²) in [4.78, 5) is 20.1. The number of ether oxygens (including phenoxy) is 1. The second kappa shape index (κ2) is 7.29. The van der Waals surface area contributed by atoms with E-state index in [1.54, 1.807) is 24.5 Å². The summed E-state index contributed by atoms with van der Waals surface area (Å²) in [6.45, 7) is 1.85. The number of aryl methyl sites for hydroxylation is 1. The molecule has 0 saturated heterocycles. The Morgan fingerprint density at radius 2 is 1.82 bits per heavy atom. The molecule has 6 heteroatoms. The van der Waals surface area contributed by atoms with E-state index in [4.69, 9.17) is 22.1 Å². The van der Waals surface area contributed by atoms with Crippen LogP contribution in [0.3, 0.4) is 0 Å². The van der Waals surface area contributed by atoms with Crippen LogP contribution in [-0.4, -0.2) is 15.9 Å². The van der Waals surface area contributed by atoms with Crippen molar-refractivity contribution in [3.8, 4) is 22.8 Å². The third-order valence-electron chi connectivity index (χ3n) is 4.37. The number of carbonyl (C=O) groups excluding carboxylic acids is 1. The van der Waals surface area contributed by atoms with E-state index in [0.717, 1.165) is 27.7 Å². The number of primary amides is 1. The van der Waals surface area contributed by atoms with Gasteiger partial charge >= 0.3 is 0 Å². The summed E-state index contributed by atoms with van der Waals surface area (Å²) in [7, 11) is 0. The molecule has 5 nitrogen and oxygen atoms in total. The van der Waals surface area contributed by atoms with E-state index < -0.39 is 5.91 Å². The molecule has 2 aromatic carbocycles. The first-order chi connectivity index (χ1) is 13.5. The average molecular weight is 390 g/mol. The van der Waals surface area contributed by atoms with Crippen LogP contribution in [0.2, 0.25) is 5.02 Å². The molecule has 2 N–H and O–H groups in total. The Balaban J connectivity index is 1.64. The summed E-state index contributed by atoms with van der Waals surface area (Å²) < 4.78 is 6.00. The molecule has 28 heavy (non-hydrogen) atoms. The Morgan fingerprint density at radius 1 is 1.00 bits per heavy atom. The molecule has 0 aliphatic carbocycles. The first-order valence-corrected chi connectivity index (χ1v) is 8.97. The van der Waals surface area contributed by atoms with E-state index in [0.29, 0.717) is 22.1 Å². The lowest BCUT2D eigenvalue weighted by Crippen LogP contribution is -2.12. The van der Waals surface area contributed by atoms with Crippen LogP contribution in [0.4, 0.5) is 0 Å². The maximum absolute atomic E-state index is 11.4. The Morgan fingerprint density at radius 3 is 2.61 bits per heavy atom. The molecule has 0 spiro atoms. The van der Waals surface area contributed by atoms with Gasteiger partial charge in [0.15, 0.2) is 0 Å². The Kier molecular flexibility index (Phi) is 4.67. The molecule has 0 unspecified atom stereocenters. The molecule has 4 aromatic rings. The summed E-state index contributed by atoms with van der Waals surface area (Å²) >= 11 is 6.02. The number of benzene rings is 2. The van der Waals surface area contributed by atoms with Gasteiger partial charge in [-0.2, -0.15) is 0 Å². The van der Waals surface area contributed by atoms with Crippen molar-refractivity contribution >= 4 is 28.4 Å². The van der Waals surface area contributed by atoms with Gasteiger partial charge in [-0.25, -0.2) is 0 Å². The minimum Gasteiger partial charge on any atom is -0.457 e. The number of pyridine rings is 2. The number of halogens is 1. The van der Waals surface area contributed by atoms with Crippen LogP contribution in [0.1, 0.15) is 15.9 Å². The summed E-state index contributed by atoms with van der Waals surface area (Å²) in [6.07, 6.45) is 3.30. The standard InChI is InChI=1S/C22H16ClN3O2/c1-13-8-14(2-4-19(13)22(24)27)21-11-18(6-7-25-21)28-17-3-5-20-15(10-17)9-16(23)12-26-20/h2-12H,1H3,(H2,24,27). The molecule has 0 fully saturated rings. The van der Waals surface area contributed by atoms with Gasteiger partial charge in [0.05, 0.1) is 16.2 Å². The van der Waals surface area contributed by atoms with Crippen LogP contribution in [0.5, 0.6) is 11.5 Å². The Bertz CT molecular complexity index is 1210. The van der Waals surface area contributed by atoms with Crippen LogP contribution in [0.15, 0.2) is 67.0 Å². The van der Waals surface area contributed by atoms with Crippen molar-refractivity contribution < 1.29 is 9.53 Å². The van der Waals surface area contributed by atoms with E-state index in [2.05, 4.69) is 9.97 Å². The van der Waals surface area contributed by atoms with Gasteiger partial charge in [-0.05, 0) is 55.0 Å². The van der Waals surface area contributed by atoms with Crippen molar-refractivity contribution in [1.29, 1.82) is 0 Å². The van der Waals surface area contributed by atoms with Crippen LogP contribution in [0.25, 0.3) is 22.2 Å². The molecule has 138 valence electrons. The number of aromatic nitrogens is 2. The molecule has 0 bridgehead atoms. The number of nitrogens with two attached hydrogens (primary N) is 1. The third kappa shape index (κ3) is 3.66. The Labute approximate surface area is 166 Å². The lowest BCUT2D eigenvalue weighted by molar-refractivity contribution is 0.0999. The largest absolute Gasteiger partial charge is 0.457 e. The highest BCUT2D eigenvalue weighted by molar-refractivity contribution is 6.31. The molecule has 2 aromatic heterocycles. The van der Waals surface area contributed by atoms with E-state index in [1.807, 2.05) is 49.4 Å². The molecule has 0 aliphatic heterocycles.